The molecule has 10 heteroatoms. The average molecular weight is 529 g/mol. The number of anilines is 1. The van der Waals surface area contributed by atoms with Gasteiger partial charge in [0.1, 0.15) is 11.1 Å². The fourth-order valence-corrected chi connectivity index (χ4v) is 5.10. The number of esters is 1. The smallest absolute Gasteiger partial charge is 0.336 e. The maximum atomic E-state index is 12.4. The van der Waals surface area contributed by atoms with Gasteiger partial charge in [0.15, 0.2) is 11.5 Å². The summed E-state index contributed by atoms with van der Waals surface area (Å²) in [6.45, 7) is 0. The first kappa shape index (κ1) is 26.3. The number of rotatable bonds is 7. The number of amides is 2. The molecular weight excluding hydrogens is 504 g/mol. The molecule has 4 rings (SSSR count). The van der Waals surface area contributed by atoms with Crippen molar-refractivity contribution in [3.8, 4) is 17.6 Å². The minimum atomic E-state index is -0.973. The number of benzene rings is 2. The molecule has 192 valence electrons. The van der Waals surface area contributed by atoms with Crippen molar-refractivity contribution < 1.29 is 23.9 Å². The number of ether oxygens (including phenoxy) is 2. The van der Waals surface area contributed by atoms with E-state index >= 15 is 0 Å². The molecule has 3 aromatic rings. The van der Waals surface area contributed by atoms with Crippen LogP contribution in [-0.2, 0) is 27.2 Å². The van der Waals surface area contributed by atoms with Crippen LogP contribution < -0.4 is 20.2 Å². The largest absolute Gasteiger partial charge is 0.493 e. The zero-order valence-corrected chi connectivity index (χ0v) is 21.3. The van der Waals surface area contributed by atoms with E-state index in [1.807, 2.05) is 30.3 Å². The van der Waals surface area contributed by atoms with E-state index in [1.54, 1.807) is 18.2 Å². The fourth-order valence-electron chi connectivity index (χ4n) is 3.87. The second-order valence-electron chi connectivity index (χ2n) is 8.26. The lowest BCUT2D eigenvalue weighted by atomic mass is 9.96. The van der Waals surface area contributed by atoms with Crippen molar-refractivity contribution >= 4 is 46.4 Å². The first-order chi connectivity index (χ1) is 18.5. The van der Waals surface area contributed by atoms with Crippen molar-refractivity contribution in [3.63, 3.8) is 0 Å². The number of nitrogens with one attached hydrogen (secondary N) is 2. The van der Waals surface area contributed by atoms with Gasteiger partial charge in [-0.3, -0.25) is 9.59 Å². The Morgan fingerprint density at radius 2 is 1.82 bits per heavy atom. The van der Waals surface area contributed by atoms with Crippen LogP contribution in [-0.4, -0.2) is 31.1 Å². The molecule has 0 unspecified atom stereocenters. The first-order valence-corrected chi connectivity index (χ1v) is 12.6. The van der Waals surface area contributed by atoms with E-state index in [-0.39, 0.29) is 11.5 Å². The van der Waals surface area contributed by atoms with E-state index in [2.05, 4.69) is 21.9 Å². The highest BCUT2D eigenvalue weighted by molar-refractivity contribution is 7.16. The van der Waals surface area contributed by atoms with E-state index in [0.29, 0.717) is 16.1 Å². The molecular formula is C28H24N4O5S. The molecule has 1 aromatic heterocycles. The maximum absolute atomic E-state index is 12.4. The lowest BCUT2D eigenvalue weighted by Gasteiger charge is -2.09. The summed E-state index contributed by atoms with van der Waals surface area (Å²) in [5, 5.41) is 16.2. The summed E-state index contributed by atoms with van der Waals surface area (Å²) in [6.07, 6.45) is 7.98. The molecule has 0 atom stereocenters. The Morgan fingerprint density at radius 1 is 1.03 bits per heavy atom. The number of hydrogen-bond donors (Lipinski definition) is 2. The molecule has 1 heterocycles. The monoisotopic (exact) mass is 528 g/mol. The van der Waals surface area contributed by atoms with Gasteiger partial charge in [-0.25, -0.2) is 10.2 Å². The number of nitriles is 1. The van der Waals surface area contributed by atoms with Gasteiger partial charge in [-0.05, 0) is 66.6 Å². The Balaban J connectivity index is 1.34. The van der Waals surface area contributed by atoms with Crippen LogP contribution in [0.15, 0.2) is 59.7 Å². The van der Waals surface area contributed by atoms with Crippen molar-refractivity contribution in [2.75, 3.05) is 12.4 Å². The van der Waals surface area contributed by atoms with Crippen molar-refractivity contribution in [2.45, 2.75) is 25.7 Å². The predicted molar refractivity (Wildman–Crippen MR) is 144 cm³/mol. The molecule has 0 saturated heterocycles. The van der Waals surface area contributed by atoms with Gasteiger partial charge in [0, 0.05) is 11.0 Å². The van der Waals surface area contributed by atoms with Crippen molar-refractivity contribution in [1.29, 1.82) is 5.26 Å². The average Bonchev–Trinajstić information content (AvgIpc) is 3.29. The summed E-state index contributed by atoms with van der Waals surface area (Å²) in [6, 6.07) is 16.2. The van der Waals surface area contributed by atoms with Crippen LogP contribution in [0.4, 0.5) is 5.00 Å². The van der Waals surface area contributed by atoms with Crippen LogP contribution in [0.3, 0.4) is 0 Å². The zero-order valence-electron chi connectivity index (χ0n) is 20.5. The summed E-state index contributed by atoms with van der Waals surface area (Å²) < 4.78 is 10.7. The van der Waals surface area contributed by atoms with Crippen molar-refractivity contribution in [2.24, 2.45) is 5.10 Å². The number of nitrogens with zero attached hydrogens (tertiary/aromatic N) is 2. The Labute approximate surface area is 223 Å². The Hall–Kier alpha value is -4.75. The van der Waals surface area contributed by atoms with Crippen LogP contribution in [0, 0.1) is 11.3 Å². The molecule has 1 aliphatic carbocycles. The molecule has 2 amide bonds. The highest BCUT2D eigenvalue weighted by Gasteiger charge is 2.23. The van der Waals surface area contributed by atoms with Crippen molar-refractivity contribution in [1.82, 2.24) is 5.43 Å². The van der Waals surface area contributed by atoms with Gasteiger partial charge in [0.2, 0.25) is 0 Å². The summed E-state index contributed by atoms with van der Waals surface area (Å²) in [5.74, 6) is -1.97. The summed E-state index contributed by atoms with van der Waals surface area (Å²) in [5.41, 5.74) is 4.95. The minimum Gasteiger partial charge on any atom is -0.493 e. The summed E-state index contributed by atoms with van der Waals surface area (Å²) in [4.78, 5) is 37.9. The van der Waals surface area contributed by atoms with E-state index in [0.717, 1.165) is 41.7 Å². The highest BCUT2D eigenvalue weighted by atomic mass is 32.1. The Bertz CT molecular complexity index is 1450. The van der Waals surface area contributed by atoms with Gasteiger partial charge in [-0.1, -0.05) is 30.3 Å². The van der Waals surface area contributed by atoms with Gasteiger partial charge in [-0.2, -0.15) is 10.4 Å². The number of carbonyl (C=O) groups excluding carboxylic acids is 3. The molecule has 0 radical (unpaired) electrons. The van der Waals surface area contributed by atoms with Crippen LogP contribution in [0.5, 0.6) is 11.5 Å². The van der Waals surface area contributed by atoms with Gasteiger partial charge in [0.05, 0.1) is 18.9 Å². The second kappa shape index (κ2) is 12.5. The highest BCUT2D eigenvalue weighted by Crippen LogP contribution is 2.37. The third-order valence-electron chi connectivity index (χ3n) is 5.71. The number of hydrogen-bond acceptors (Lipinski definition) is 8. The summed E-state index contributed by atoms with van der Waals surface area (Å²) >= 11 is 1.34. The zero-order chi connectivity index (χ0) is 26.9. The predicted octanol–water partition coefficient (Wildman–Crippen LogP) is 4.21. The fraction of sp³-hybridized carbons (Fsp3) is 0.179. The van der Waals surface area contributed by atoms with Crippen LogP contribution in [0.2, 0.25) is 0 Å². The maximum Gasteiger partial charge on any atom is 0.336 e. The number of carbonyl (C=O) groups is 3. The third-order valence-corrected chi connectivity index (χ3v) is 6.91. The first-order valence-electron chi connectivity index (χ1n) is 11.8. The van der Waals surface area contributed by atoms with Gasteiger partial charge in [0.25, 0.3) is 0 Å². The van der Waals surface area contributed by atoms with Crippen LogP contribution in [0.1, 0.15) is 40.0 Å². The van der Waals surface area contributed by atoms with Gasteiger partial charge >= 0.3 is 17.8 Å². The quantitative estimate of drug-likeness (QED) is 0.118. The minimum absolute atomic E-state index is 0.211. The van der Waals surface area contributed by atoms with Crippen LogP contribution in [0.25, 0.3) is 6.08 Å². The van der Waals surface area contributed by atoms with Gasteiger partial charge < -0.3 is 14.8 Å². The molecule has 38 heavy (non-hydrogen) atoms. The number of hydrazone groups is 1. The molecule has 0 fully saturated rings. The standard InChI is InChI=1S/C28H24N4O5S/c1-36-23-15-19(11-13-22(23)37-25(33)14-12-18-7-3-2-4-8-18)17-30-32-27(35)26(34)31-28-21(16-29)20-9-5-6-10-24(20)38-28/h2-4,7-8,11-15,17H,5-6,9-10H2,1H3,(H,31,34)(H,32,35)/b14-12+,30-17-. The lowest BCUT2D eigenvalue weighted by molar-refractivity contribution is -0.136. The second-order valence-corrected chi connectivity index (χ2v) is 9.36. The number of aryl methyl sites for hydroxylation is 1. The van der Waals surface area contributed by atoms with Crippen LogP contribution >= 0.6 is 11.3 Å². The Morgan fingerprint density at radius 3 is 2.58 bits per heavy atom. The molecule has 0 aliphatic heterocycles. The molecule has 1 aliphatic rings. The van der Waals surface area contributed by atoms with E-state index in [1.165, 1.54) is 36.8 Å². The SMILES string of the molecule is COc1cc(/C=N\NC(=O)C(=O)Nc2sc3c(c2C#N)CCCC3)ccc1OC(=O)/C=C/c1ccccc1. The van der Waals surface area contributed by atoms with Gasteiger partial charge in [-0.15, -0.1) is 11.3 Å². The van der Waals surface area contributed by atoms with E-state index in [9.17, 15) is 19.6 Å². The molecule has 2 aromatic carbocycles. The lowest BCUT2D eigenvalue weighted by Crippen LogP contribution is -2.32. The third kappa shape index (κ3) is 6.52. The molecule has 2 N–H and O–H groups in total. The van der Waals surface area contributed by atoms with Crippen molar-refractivity contribution in [3.05, 3.63) is 81.7 Å². The molecule has 0 saturated carbocycles. The molecule has 9 nitrogen and oxygen atoms in total. The molecule has 0 bridgehead atoms. The summed E-state index contributed by atoms with van der Waals surface area (Å²) in [7, 11) is 1.43. The number of fused-ring (bicyclic) bond motifs is 1. The Kier molecular flexibility index (Phi) is 8.64. The normalized spacial score (nSPS) is 12.5. The van der Waals surface area contributed by atoms with E-state index < -0.39 is 17.8 Å². The number of methoxy groups -OCH3 is 1. The topological polar surface area (TPSA) is 130 Å². The van der Waals surface area contributed by atoms with E-state index in [4.69, 9.17) is 9.47 Å². The number of thiophene rings is 1. The molecule has 0 spiro atoms.